The van der Waals surface area contributed by atoms with E-state index in [1.807, 2.05) is 40.9 Å². The molecule has 5 rings (SSSR count). The second kappa shape index (κ2) is 10.0. The highest BCUT2D eigenvalue weighted by atomic mass is 19.1. The standard InChI is InChI=1S/C28H33FN6O2/c1-17-8-9-21(12-26(17)30-20(4)36)28(37)33-13-18(2)34(19(3)14-33)15-22-16-35(32-31-22)27-11-10-23-24(27)6-5-7-25(23)29/h5-9,12,16,18-19,27H,10-11,13-15H2,1-4H3,(H,30,36)/t18-,19+,27-/m1/s1. The summed E-state index contributed by atoms with van der Waals surface area (Å²) < 4.78 is 16.0. The highest BCUT2D eigenvalue weighted by Crippen LogP contribution is 2.35. The SMILES string of the molecule is CC(=O)Nc1cc(C(=O)N2C[C@@H](C)N(Cc3cn([C@@H]4CCc5c(F)cccc54)nn3)[C@@H](C)C2)ccc1C. The average Bonchev–Trinajstić information content (AvgIpc) is 3.49. The Balaban J connectivity index is 1.25. The van der Waals surface area contributed by atoms with Crippen molar-refractivity contribution in [2.75, 3.05) is 18.4 Å². The van der Waals surface area contributed by atoms with Gasteiger partial charge >= 0.3 is 0 Å². The van der Waals surface area contributed by atoms with E-state index in [4.69, 9.17) is 0 Å². The summed E-state index contributed by atoms with van der Waals surface area (Å²) in [6, 6.07) is 10.9. The van der Waals surface area contributed by atoms with Crippen LogP contribution in [0.3, 0.4) is 0 Å². The van der Waals surface area contributed by atoms with Crippen molar-refractivity contribution in [3.8, 4) is 0 Å². The van der Waals surface area contributed by atoms with Crippen LogP contribution >= 0.6 is 0 Å². The minimum atomic E-state index is -0.162. The van der Waals surface area contributed by atoms with Crippen molar-refractivity contribution in [1.29, 1.82) is 0 Å². The van der Waals surface area contributed by atoms with Crippen molar-refractivity contribution in [3.05, 3.63) is 76.4 Å². The fourth-order valence-corrected chi connectivity index (χ4v) is 5.68. The number of nitrogens with one attached hydrogen (secondary N) is 1. The summed E-state index contributed by atoms with van der Waals surface area (Å²) in [5.74, 6) is -0.347. The first-order valence-corrected chi connectivity index (χ1v) is 12.8. The van der Waals surface area contributed by atoms with Gasteiger partial charge in [0.25, 0.3) is 5.91 Å². The second-order valence-electron chi connectivity index (χ2n) is 10.3. The molecule has 1 saturated heterocycles. The molecule has 9 heteroatoms. The first-order valence-electron chi connectivity index (χ1n) is 12.8. The lowest BCUT2D eigenvalue weighted by atomic mass is 10.0. The summed E-state index contributed by atoms with van der Waals surface area (Å²) in [6.07, 6.45) is 3.49. The number of benzene rings is 2. The smallest absolute Gasteiger partial charge is 0.254 e. The molecule has 0 unspecified atom stereocenters. The Morgan fingerprint density at radius 2 is 1.89 bits per heavy atom. The number of carbonyl (C=O) groups excluding carboxylic acids is 2. The van der Waals surface area contributed by atoms with Gasteiger partial charge in [-0.25, -0.2) is 9.07 Å². The van der Waals surface area contributed by atoms with Crippen LogP contribution in [0.2, 0.25) is 0 Å². The number of piperazine rings is 1. The molecule has 3 atom stereocenters. The van der Waals surface area contributed by atoms with Crippen molar-refractivity contribution in [1.82, 2.24) is 24.8 Å². The van der Waals surface area contributed by atoms with Gasteiger partial charge in [0.15, 0.2) is 0 Å². The molecule has 0 spiro atoms. The Bertz CT molecular complexity index is 1330. The predicted octanol–water partition coefficient (Wildman–Crippen LogP) is 3.95. The zero-order valence-corrected chi connectivity index (χ0v) is 21.7. The third-order valence-electron chi connectivity index (χ3n) is 7.59. The monoisotopic (exact) mass is 504 g/mol. The number of aryl methyl sites for hydroxylation is 1. The van der Waals surface area contributed by atoms with Crippen molar-refractivity contribution < 1.29 is 14.0 Å². The first-order chi connectivity index (χ1) is 17.7. The lowest BCUT2D eigenvalue weighted by Gasteiger charge is -2.44. The maximum Gasteiger partial charge on any atom is 0.254 e. The van der Waals surface area contributed by atoms with Gasteiger partial charge in [-0.2, -0.15) is 0 Å². The van der Waals surface area contributed by atoms with E-state index in [0.29, 0.717) is 37.3 Å². The van der Waals surface area contributed by atoms with Crippen LogP contribution in [-0.2, 0) is 17.8 Å². The van der Waals surface area contributed by atoms with Crippen molar-refractivity contribution in [2.45, 2.75) is 65.2 Å². The zero-order chi connectivity index (χ0) is 26.3. The third-order valence-corrected chi connectivity index (χ3v) is 7.59. The number of carbonyl (C=O) groups is 2. The summed E-state index contributed by atoms with van der Waals surface area (Å²) in [4.78, 5) is 29.1. The molecule has 1 aliphatic heterocycles. The van der Waals surface area contributed by atoms with Gasteiger partial charge in [-0.05, 0) is 68.5 Å². The van der Waals surface area contributed by atoms with E-state index in [0.717, 1.165) is 28.8 Å². The topological polar surface area (TPSA) is 83.4 Å². The maximum atomic E-state index is 14.2. The number of aromatic nitrogens is 3. The van der Waals surface area contributed by atoms with E-state index >= 15 is 0 Å². The van der Waals surface area contributed by atoms with E-state index in [1.165, 1.54) is 13.0 Å². The van der Waals surface area contributed by atoms with Crippen LogP contribution in [0.4, 0.5) is 10.1 Å². The van der Waals surface area contributed by atoms with Crippen molar-refractivity contribution >= 4 is 17.5 Å². The molecule has 1 aromatic heterocycles. The Morgan fingerprint density at radius 1 is 1.14 bits per heavy atom. The molecule has 1 N–H and O–H groups in total. The lowest BCUT2D eigenvalue weighted by molar-refractivity contribution is -0.114. The molecule has 3 aromatic rings. The Labute approximate surface area is 216 Å². The fraction of sp³-hybridized carbons (Fsp3) is 0.429. The Morgan fingerprint density at radius 3 is 2.62 bits per heavy atom. The molecule has 2 heterocycles. The largest absolute Gasteiger partial charge is 0.336 e. The van der Waals surface area contributed by atoms with Crippen LogP contribution in [0.5, 0.6) is 0 Å². The molecule has 0 saturated carbocycles. The summed E-state index contributed by atoms with van der Waals surface area (Å²) >= 11 is 0. The van der Waals surface area contributed by atoms with Gasteiger partial charge < -0.3 is 10.2 Å². The normalized spacial score (nSPS) is 21.6. The van der Waals surface area contributed by atoms with Crippen LogP contribution in [0, 0.1) is 12.7 Å². The zero-order valence-electron chi connectivity index (χ0n) is 21.7. The molecule has 194 valence electrons. The molecule has 0 bridgehead atoms. The number of hydrogen-bond acceptors (Lipinski definition) is 5. The Kier molecular flexibility index (Phi) is 6.81. The van der Waals surface area contributed by atoms with Gasteiger partial charge in [0, 0.05) is 49.9 Å². The number of anilines is 1. The molecule has 8 nitrogen and oxygen atoms in total. The molecular formula is C28H33FN6O2. The number of halogens is 1. The summed E-state index contributed by atoms with van der Waals surface area (Å²) in [5, 5.41) is 11.6. The van der Waals surface area contributed by atoms with Gasteiger partial charge in [0.05, 0.1) is 17.9 Å². The van der Waals surface area contributed by atoms with Crippen LogP contribution in [0.1, 0.15) is 66.0 Å². The van der Waals surface area contributed by atoms with Crippen LogP contribution in [0.25, 0.3) is 0 Å². The number of amides is 2. The van der Waals surface area contributed by atoms with Gasteiger partial charge in [-0.3, -0.25) is 14.5 Å². The quantitative estimate of drug-likeness (QED) is 0.569. The number of fused-ring (bicyclic) bond motifs is 1. The third kappa shape index (κ3) is 5.00. The first kappa shape index (κ1) is 25.1. The molecule has 2 aromatic carbocycles. The fourth-order valence-electron chi connectivity index (χ4n) is 5.68. The van der Waals surface area contributed by atoms with Gasteiger partial charge in [-0.1, -0.05) is 23.4 Å². The van der Waals surface area contributed by atoms with Crippen molar-refractivity contribution in [2.24, 2.45) is 0 Å². The molecule has 2 aliphatic rings. The van der Waals surface area contributed by atoms with E-state index < -0.39 is 0 Å². The molecule has 0 radical (unpaired) electrons. The highest BCUT2D eigenvalue weighted by molar-refractivity contribution is 5.97. The second-order valence-corrected chi connectivity index (χ2v) is 10.3. The summed E-state index contributed by atoms with van der Waals surface area (Å²) in [5.41, 5.74) is 4.78. The van der Waals surface area contributed by atoms with Crippen molar-refractivity contribution in [3.63, 3.8) is 0 Å². The van der Waals surface area contributed by atoms with Gasteiger partial charge in [0.1, 0.15) is 5.82 Å². The predicted molar refractivity (Wildman–Crippen MR) is 139 cm³/mol. The molecule has 37 heavy (non-hydrogen) atoms. The van der Waals surface area contributed by atoms with Gasteiger partial charge in [-0.15, -0.1) is 5.10 Å². The lowest BCUT2D eigenvalue weighted by Crippen LogP contribution is -2.57. The minimum Gasteiger partial charge on any atom is -0.336 e. The van der Waals surface area contributed by atoms with E-state index in [-0.39, 0.29) is 35.8 Å². The summed E-state index contributed by atoms with van der Waals surface area (Å²) in [6.45, 7) is 9.42. The Hall–Kier alpha value is -3.59. The van der Waals surface area contributed by atoms with Crippen LogP contribution < -0.4 is 5.32 Å². The van der Waals surface area contributed by atoms with E-state index in [9.17, 15) is 14.0 Å². The number of nitrogens with zero attached hydrogens (tertiary/aromatic N) is 5. The van der Waals surface area contributed by atoms with Gasteiger partial charge in [0.2, 0.25) is 5.91 Å². The highest BCUT2D eigenvalue weighted by Gasteiger charge is 2.33. The maximum absolute atomic E-state index is 14.2. The van der Waals surface area contributed by atoms with E-state index in [1.54, 1.807) is 12.1 Å². The molecule has 2 amide bonds. The van der Waals surface area contributed by atoms with Crippen LogP contribution in [0.15, 0.2) is 42.6 Å². The number of rotatable bonds is 5. The van der Waals surface area contributed by atoms with E-state index in [2.05, 4.69) is 34.4 Å². The minimum absolute atomic E-state index is 0.00755. The molecule has 1 fully saturated rings. The molecular weight excluding hydrogens is 471 g/mol. The average molecular weight is 505 g/mol. The van der Waals surface area contributed by atoms with Crippen LogP contribution in [-0.4, -0.2) is 61.8 Å². The summed E-state index contributed by atoms with van der Waals surface area (Å²) in [7, 11) is 0. The number of hydrogen-bond donors (Lipinski definition) is 1. The molecule has 1 aliphatic carbocycles.